The van der Waals surface area contributed by atoms with Crippen molar-refractivity contribution in [1.29, 1.82) is 0 Å². The number of fused-ring (bicyclic) bond motifs is 2. The van der Waals surface area contributed by atoms with Gasteiger partial charge in [-0.25, -0.2) is 9.07 Å². The topological polar surface area (TPSA) is 51.0 Å². The first-order chi connectivity index (χ1) is 18.5. The van der Waals surface area contributed by atoms with Gasteiger partial charge in [0, 0.05) is 36.0 Å². The molecule has 0 spiro atoms. The number of aryl methyl sites for hydroxylation is 2. The number of halogens is 1. The van der Waals surface area contributed by atoms with Gasteiger partial charge < -0.3 is 4.90 Å². The number of hydrogen-bond acceptors (Lipinski definition) is 3. The first kappa shape index (κ1) is 22.8. The third-order valence-corrected chi connectivity index (χ3v) is 8.44. The minimum absolute atomic E-state index is 0.00810. The van der Waals surface area contributed by atoms with Crippen LogP contribution in [0, 0.1) is 25.6 Å². The van der Waals surface area contributed by atoms with Crippen molar-refractivity contribution in [2.45, 2.75) is 25.2 Å². The molecular formula is C32H27FN4O. The molecule has 1 aliphatic heterocycles. The number of amides is 1. The smallest absolute Gasteiger partial charge is 0.272 e. The van der Waals surface area contributed by atoms with Gasteiger partial charge >= 0.3 is 0 Å². The lowest BCUT2D eigenvalue weighted by atomic mass is 9.86. The second-order valence-electron chi connectivity index (χ2n) is 10.7. The first-order valence-electron chi connectivity index (χ1n) is 13.0. The van der Waals surface area contributed by atoms with Crippen LogP contribution in [0.5, 0.6) is 0 Å². The van der Waals surface area contributed by atoms with Gasteiger partial charge in [-0.2, -0.15) is 5.10 Å². The largest absolute Gasteiger partial charge is 0.336 e. The van der Waals surface area contributed by atoms with E-state index in [2.05, 4.69) is 53.4 Å². The molecule has 38 heavy (non-hydrogen) atoms. The molecule has 3 heterocycles. The molecule has 0 radical (unpaired) electrons. The van der Waals surface area contributed by atoms with Crippen LogP contribution in [0.3, 0.4) is 0 Å². The lowest BCUT2D eigenvalue weighted by Gasteiger charge is -2.25. The lowest BCUT2D eigenvalue weighted by molar-refractivity contribution is 0.0763. The number of likely N-dealkylation sites (tertiary alicyclic amines) is 1. The fraction of sp³-hybridized carbons (Fsp3) is 0.219. The highest BCUT2D eigenvalue weighted by Gasteiger charge is 2.71. The van der Waals surface area contributed by atoms with E-state index >= 15 is 0 Å². The Morgan fingerprint density at radius 1 is 0.974 bits per heavy atom. The standard InChI is InChI=1S/C32H27FN4O/c1-20-8-13-28(34-16-20)31(38)36-18-27-30(22-6-4-3-5-7-22)32(27,19-36)26-15-23-17-35-37(29(23)14-21(26)2)25-11-9-24(33)10-12-25/h3-17,27,30H,18-19H2,1-2H3. The fourth-order valence-corrected chi connectivity index (χ4v) is 6.64. The molecule has 1 saturated heterocycles. The van der Waals surface area contributed by atoms with Crippen molar-refractivity contribution in [3.8, 4) is 5.69 Å². The number of piperidine rings is 1. The zero-order valence-electron chi connectivity index (χ0n) is 21.3. The molecule has 2 aliphatic rings. The van der Waals surface area contributed by atoms with Crippen LogP contribution < -0.4 is 0 Å². The summed E-state index contributed by atoms with van der Waals surface area (Å²) >= 11 is 0. The quantitative estimate of drug-likeness (QED) is 0.304. The van der Waals surface area contributed by atoms with Crippen LogP contribution in [-0.2, 0) is 5.41 Å². The van der Waals surface area contributed by atoms with Crippen molar-refractivity contribution < 1.29 is 9.18 Å². The molecule has 0 N–H and O–H groups in total. The Bertz CT molecular complexity index is 1680. The molecule has 7 rings (SSSR count). The average Bonchev–Trinajstić information content (AvgIpc) is 3.19. The zero-order chi connectivity index (χ0) is 26.0. The van der Waals surface area contributed by atoms with Crippen molar-refractivity contribution >= 4 is 16.8 Å². The van der Waals surface area contributed by atoms with Crippen LogP contribution in [0.1, 0.15) is 38.7 Å². The Morgan fingerprint density at radius 2 is 1.76 bits per heavy atom. The Kier molecular flexibility index (Phi) is 5.02. The third kappa shape index (κ3) is 3.40. The third-order valence-electron chi connectivity index (χ3n) is 8.44. The van der Waals surface area contributed by atoms with Crippen molar-refractivity contribution in [1.82, 2.24) is 19.7 Å². The summed E-state index contributed by atoms with van der Waals surface area (Å²) in [6.07, 6.45) is 3.63. The number of rotatable bonds is 4. The van der Waals surface area contributed by atoms with E-state index in [0.717, 1.165) is 22.2 Å². The minimum atomic E-state index is -0.268. The monoisotopic (exact) mass is 502 g/mol. The minimum Gasteiger partial charge on any atom is -0.336 e. The molecule has 1 saturated carbocycles. The van der Waals surface area contributed by atoms with E-state index in [1.54, 1.807) is 18.3 Å². The number of pyridine rings is 1. The van der Waals surface area contributed by atoms with E-state index in [1.807, 2.05) is 40.9 Å². The summed E-state index contributed by atoms with van der Waals surface area (Å²) in [6, 6.07) is 25.2. The van der Waals surface area contributed by atoms with Crippen molar-refractivity contribution in [2.24, 2.45) is 5.92 Å². The van der Waals surface area contributed by atoms with Crippen molar-refractivity contribution in [3.05, 3.63) is 125 Å². The summed E-state index contributed by atoms with van der Waals surface area (Å²) in [6.45, 7) is 5.49. The second kappa shape index (κ2) is 8.35. The molecule has 2 aromatic heterocycles. The van der Waals surface area contributed by atoms with Gasteiger partial charge in [-0.1, -0.05) is 36.4 Å². The summed E-state index contributed by atoms with van der Waals surface area (Å²) in [5.41, 5.74) is 6.95. The number of carbonyl (C=O) groups excluding carboxylic acids is 1. The van der Waals surface area contributed by atoms with Crippen LogP contribution in [0.4, 0.5) is 4.39 Å². The predicted octanol–water partition coefficient (Wildman–Crippen LogP) is 5.98. The highest BCUT2D eigenvalue weighted by atomic mass is 19.1. The van der Waals surface area contributed by atoms with Crippen LogP contribution in [0.2, 0.25) is 0 Å². The molecule has 5 nitrogen and oxygen atoms in total. The maximum absolute atomic E-state index is 13.5. The van der Waals surface area contributed by atoms with Crippen molar-refractivity contribution in [2.75, 3.05) is 13.1 Å². The Labute approximate surface area is 220 Å². The average molecular weight is 503 g/mol. The highest BCUT2D eigenvalue weighted by molar-refractivity contribution is 5.93. The lowest BCUT2D eigenvalue weighted by Crippen LogP contribution is -2.35. The molecule has 3 aromatic carbocycles. The zero-order valence-corrected chi connectivity index (χ0v) is 21.3. The Hall–Kier alpha value is -4.32. The van der Waals surface area contributed by atoms with E-state index in [4.69, 9.17) is 0 Å². The first-order valence-corrected chi connectivity index (χ1v) is 13.0. The number of hydrogen-bond donors (Lipinski definition) is 0. The van der Waals surface area contributed by atoms with E-state index in [9.17, 15) is 9.18 Å². The molecular weight excluding hydrogens is 475 g/mol. The molecule has 1 amide bonds. The van der Waals surface area contributed by atoms with Gasteiger partial charge in [-0.15, -0.1) is 0 Å². The Morgan fingerprint density at radius 3 is 2.50 bits per heavy atom. The highest BCUT2D eigenvalue weighted by Crippen LogP contribution is 2.69. The number of aromatic nitrogens is 3. The maximum atomic E-state index is 13.5. The van der Waals surface area contributed by atoms with Crippen LogP contribution in [0.15, 0.2) is 91.3 Å². The van der Waals surface area contributed by atoms with Crippen LogP contribution in [-0.4, -0.2) is 38.7 Å². The van der Waals surface area contributed by atoms with Gasteiger partial charge in [-0.05, 0) is 84.5 Å². The van der Waals surface area contributed by atoms with Crippen LogP contribution >= 0.6 is 0 Å². The summed E-state index contributed by atoms with van der Waals surface area (Å²) in [7, 11) is 0. The molecule has 188 valence electrons. The summed E-state index contributed by atoms with van der Waals surface area (Å²) in [4.78, 5) is 19.8. The van der Waals surface area contributed by atoms with Gasteiger partial charge in [-0.3, -0.25) is 9.78 Å². The van der Waals surface area contributed by atoms with Gasteiger partial charge in [0.2, 0.25) is 0 Å². The summed E-state index contributed by atoms with van der Waals surface area (Å²) in [5.74, 6) is 0.409. The van der Waals surface area contributed by atoms with E-state index in [-0.39, 0.29) is 17.1 Å². The normalized spacial score (nSPS) is 22.0. The molecule has 0 bridgehead atoms. The summed E-state index contributed by atoms with van der Waals surface area (Å²) < 4.78 is 15.4. The fourth-order valence-electron chi connectivity index (χ4n) is 6.64. The van der Waals surface area contributed by atoms with Gasteiger partial charge in [0.1, 0.15) is 11.5 Å². The molecule has 3 unspecified atom stereocenters. The maximum Gasteiger partial charge on any atom is 0.272 e. The molecule has 6 heteroatoms. The molecule has 5 aromatic rings. The number of nitrogens with zero attached hydrogens (tertiary/aromatic N) is 4. The molecule has 3 atom stereocenters. The number of carbonyl (C=O) groups is 1. The summed E-state index contributed by atoms with van der Waals surface area (Å²) in [5, 5.41) is 5.66. The van der Waals surface area contributed by atoms with E-state index in [0.29, 0.717) is 30.6 Å². The number of benzene rings is 3. The van der Waals surface area contributed by atoms with Crippen molar-refractivity contribution in [3.63, 3.8) is 0 Å². The predicted molar refractivity (Wildman–Crippen MR) is 145 cm³/mol. The van der Waals surface area contributed by atoms with Gasteiger partial charge in [0.15, 0.2) is 0 Å². The van der Waals surface area contributed by atoms with E-state index < -0.39 is 0 Å². The van der Waals surface area contributed by atoms with Gasteiger partial charge in [0.05, 0.1) is 17.4 Å². The Balaban J connectivity index is 1.30. The molecule has 1 aliphatic carbocycles. The second-order valence-corrected chi connectivity index (χ2v) is 10.7. The van der Waals surface area contributed by atoms with E-state index in [1.165, 1.54) is 28.8 Å². The van der Waals surface area contributed by atoms with Crippen LogP contribution in [0.25, 0.3) is 16.6 Å². The SMILES string of the molecule is Cc1ccc(C(=O)N2CC3C(c4ccccc4)C3(c3cc4cnn(-c5ccc(F)cc5)c4cc3C)C2)nc1. The van der Waals surface area contributed by atoms with Gasteiger partial charge in [0.25, 0.3) is 5.91 Å². The molecule has 2 fully saturated rings.